The van der Waals surface area contributed by atoms with Gasteiger partial charge < -0.3 is 5.32 Å². The number of halogens is 3. The van der Waals surface area contributed by atoms with Crippen LogP contribution in [0.15, 0.2) is 0 Å². The van der Waals surface area contributed by atoms with Gasteiger partial charge in [0.1, 0.15) is 5.92 Å². The first-order chi connectivity index (χ1) is 5.25. The van der Waals surface area contributed by atoms with Crippen LogP contribution in [-0.4, -0.2) is 18.1 Å². The van der Waals surface area contributed by atoms with Crippen molar-refractivity contribution in [3.63, 3.8) is 0 Å². The highest BCUT2D eigenvalue weighted by Crippen LogP contribution is 2.25. The molecule has 0 saturated heterocycles. The summed E-state index contributed by atoms with van der Waals surface area (Å²) in [7, 11) is 0. The highest BCUT2D eigenvalue weighted by atomic mass is 19.4. The highest BCUT2D eigenvalue weighted by molar-refractivity contribution is 5.79. The summed E-state index contributed by atoms with van der Waals surface area (Å²) in [5.74, 6) is -2.91. The van der Waals surface area contributed by atoms with Crippen LogP contribution >= 0.6 is 0 Å². The zero-order valence-electron chi connectivity index (χ0n) is 7.20. The van der Waals surface area contributed by atoms with Crippen molar-refractivity contribution in [2.45, 2.75) is 33.0 Å². The van der Waals surface area contributed by atoms with Crippen LogP contribution in [0.4, 0.5) is 13.2 Å². The smallest absolute Gasteiger partial charge is 0.353 e. The first-order valence-corrected chi connectivity index (χ1v) is 3.62. The molecule has 1 atom stereocenters. The van der Waals surface area contributed by atoms with E-state index in [1.807, 2.05) is 0 Å². The molecule has 0 aromatic rings. The summed E-state index contributed by atoms with van der Waals surface area (Å²) >= 11 is 0. The molecule has 5 heteroatoms. The molecule has 0 aromatic carbocycles. The maximum atomic E-state index is 11.9. The van der Waals surface area contributed by atoms with Gasteiger partial charge >= 0.3 is 6.18 Å². The monoisotopic (exact) mass is 183 g/mol. The second-order valence-electron chi connectivity index (χ2n) is 2.93. The van der Waals surface area contributed by atoms with Crippen LogP contribution in [0, 0.1) is 5.92 Å². The lowest BCUT2D eigenvalue weighted by atomic mass is 10.1. The zero-order chi connectivity index (χ0) is 9.94. The molecule has 0 fully saturated rings. The fraction of sp³-hybridized carbons (Fsp3) is 0.857. The van der Waals surface area contributed by atoms with Crippen molar-refractivity contribution in [2.75, 3.05) is 0 Å². The van der Waals surface area contributed by atoms with Crippen molar-refractivity contribution in [2.24, 2.45) is 5.92 Å². The molecule has 0 aliphatic heterocycles. The molecule has 0 rings (SSSR count). The molecular formula is C7H12F3NO. The Kier molecular flexibility index (Phi) is 3.55. The first-order valence-electron chi connectivity index (χ1n) is 3.62. The Morgan fingerprint density at radius 1 is 1.25 bits per heavy atom. The Morgan fingerprint density at radius 2 is 1.67 bits per heavy atom. The fourth-order valence-corrected chi connectivity index (χ4v) is 0.558. The highest BCUT2D eigenvalue weighted by Gasteiger charge is 2.41. The van der Waals surface area contributed by atoms with Gasteiger partial charge in [0.2, 0.25) is 5.91 Å². The molecule has 0 saturated carbocycles. The molecule has 1 amide bonds. The lowest BCUT2D eigenvalue weighted by molar-refractivity contribution is -0.179. The van der Waals surface area contributed by atoms with Crippen LogP contribution in [-0.2, 0) is 4.79 Å². The van der Waals surface area contributed by atoms with E-state index in [0.717, 1.165) is 6.92 Å². The van der Waals surface area contributed by atoms with E-state index in [0.29, 0.717) is 0 Å². The van der Waals surface area contributed by atoms with Crippen LogP contribution in [0.3, 0.4) is 0 Å². The van der Waals surface area contributed by atoms with Gasteiger partial charge in [-0.15, -0.1) is 0 Å². The molecule has 0 radical (unpaired) electrons. The summed E-state index contributed by atoms with van der Waals surface area (Å²) in [4.78, 5) is 10.8. The number of nitrogens with one attached hydrogen (secondary N) is 1. The van der Waals surface area contributed by atoms with E-state index in [4.69, 9.17) is 0 Å². The van der Waals surface area contributed by atoms with Gasteiger partial charge in [-0.05, 0) is 20.8 Å². The largest absolute Gasteiger partial charge is 0.400 e. The van der Waals surface area contributed by atoms with Crippen molar-refractivity contribution in [3.8, 4) is 0 Å². The Labute approximate surface area is 69.1 Å². The second-order valence-corrected chi connectivity index (χ2v) is 2.93. The van der Waals surface area contributed by atoms with E-state index < -0.39 is 18.0 Å². The maximum Gasteiger partial charge on any atom is 0.400 e. The molecule has 0 spiro atoms. The molecule has 0 aliphatic carbocycles. The Hall–Kier alpha value is -0.740. The summed E-state index contributed by atoms with van der Waals surface area (Å²) in [6, 6.07) is -0.262. The molecule has 0 bridgehead atoms. The number of amides is 1. The molecule has 0 aromatic heterocycles. The number of hydrogen-bond acceptors (Lipinski definition) is 1. The quantitative estimate of drug-likeness (QED) is 0.693. The van der Waals surface area contributed by atoms with Gasteiger partial charge in [0.25, 0.3) is 0 Å². The third-order valence-corrected chi connectivity index (χ3v) is 1.32. The number of alkyl halides is 3. The summed E-state index contributed by atoms with van der Waals surface area (Å²) in [6.07, 6.45) is -4.45. The number of rotatable bonds is 2. The van der Waals surface area contributed by atoms with Gasteiger partial charge in [0, 0.05) is 6.04 Å². The maximum absolute atomic E-state index is 11.9. The van der Waals surface area contributed by atoms with E-state index in [2.05, 4.69) is 5.32 Å². The summed E-state index contributed by atoms with van der Waals surface area (Å²) < 4.78 is 35.7. The van der Waals surface area contributed by atoms with Gasteiger partial charge in [-0.1, -0.05) is 0 Å². The zero-order valence-corrected chi connectivity index (χ0v) is 7.20. The van der Waals surface area contributed by atoms with Crippen molar-refractivity contribution < 1.29 is 18.0 Å². The fourth-order valence-electron chi connectivity index (χ4n) is 0.558. The van der Waals surface area contributed by atoms with Gasteiger partial charge in [-0.25, -0.2) is 0 Å². The van der Waals surface area contributed by atoms with Crippen molar-refractivity contribution in [1.82, 2.24) is 5.32 Å². The summed E-state index contributed by atoms with van der Waals surface area (Å²) in [5.41, 5.74) is 0. The van der Waals surface area contributed by atoms with E-state index in [1.165, 1.54) is 0 Å². The number of hydrogen-bond donors (Lipinski definition) is 1. The number of carbonyl (C=O) groups is 1. The first kappa shape index (κ1) is 11.3. The van der Waals surface area contributed by atoms with Crippen LogP contribution in [0.1, 0.15) is 20.8 Å². The summed E-state index contributed by atoms with van der Waals surface area (Å²) in [6.45, 7) is 4.07. The minimum Gasteiger partial charge on any atom is -0.353 e. The minimum atomic E-state index is -4.45. The molecule has 0 aliphatic rings. The Balaban J connectivity index is 4.12. The molecule has 1 unspecified atom stereocenters. The topological polar surface area (TPSA) is 29.1 Å². The van der Waals surface area contributed by atoms with E-state index in [1.54, 1.807) is 13.8 Å². The van der Waals surface area contributed by atoms with Crippen LogP contribution in [0.5, 0.6) is 0 Å². The van der Waals surface area contributed by atoms with Crippen molar-refractivity contribution in [3.05, 3.63) is 0 Å². The van der Waals surface area contributed by atoms with E-state index in [-0.39, 0.29) is 6.04 Å². The standard InChI is InChI=1S/C7H12F3NO/c1-4(2)11-6(12)5(3)7(8,9)10/h4-5H,1-3H3,(H,11,12). The molecule has 72 valence electrons. The van der Waals surface area contributed by atoms with Crippen molar-refractivity contribution in [1.29, 1.82) is 0 Å². The van der Waals surface area contributed by atoms with Gasteiger partial charge in [-0.2, -0.15) is 13.2 Å². The van der Waals surface area contributed by atoms with Gasteiger partial charge in [-0.3, -0.25) is 4.79 Å². The Bertz CT molecular complexity index is 165. The van der Waals surface area contributed by atoms with Crippen molar-refractivity contribution >= 4 is 5.91 Å². The third kappa shape index (κ3) is 3.59. The minimum absolute atomic E-state index is 0.262. The SMILES string of the molecule is CC(C)NC(=O)C(C)C(F)(F)F. The second kappa shape index (κ2) is 3.78. The Morgan fingerprint density at radius 3 is 1.92 bits per heavy atom. The predicted molar refractivity (Wildman–Crippen MR) is 38.5 cm³/mol. The molecule has 0 heterocycles. The van der Waals surface area contributed by atoms with Gasteiger partial charge in [0.15, 0.2) is 0 Å². The molecule has 1 N–H and O–H groups in total. The van der Waals surface area contributed by atoms with Crippen LogP contribution in [0.25, 0.3) is 0 Å². The third-order valence-electron chi connectivity index (χ3n) is 1.32. The lowest BCUT2D eigenvalue weighted by Gasteiger charge is -2.16. The molecular weight excluding hydrogens is 171 g/mol. The van der Waals surface area contributed by atoms with Crippen LogP contribution in [0.2, 0.25) is 0 Å². The van der Waals surface area contributed by atoms with E-state index in [9.17, 15) is 18.0 Å². The average molecular weight is 183 g/mol. The lowest BCUT2D eigenvalue weighted by Crippen LogP contribution is -2.40. The average Bonchev–Trinajstić information content (AvgIpc) is 1.82. The molecule has 12 heavy (non-hydrogen) atoms. The van der Waals surface area contributed by atoms with Gasteiger partial charge in [0.05, 0.1) is 0 Å². The predicted octanol–water partition coefficient (Wildman–Crippen LogP) is 1.71. The summed E-state index contributed by atoms with van der Waals surface area (Å²) in [5, 5.41) is 2.19. The molecule has 2 nitrogen and oxygen atoms in total. The van der Waals surface area contributed by atoms with E-state index >= 15 is 0 Å². The normalized spacial score (nSPS) is 14.6. The van der Waals surface area contributed by atoms with Crippen LogP contribution < -0.4 is 5.32 Å². The number of carbonyl (C=O) groups excluding carboxylic acids is 1.